The zero-order valence-corrected chi connectivity index (χ0v) is 14.1. The first-order valence-electron chi connectivity index (χ1n) is 8.37. The lowest BCUT2D eigenvalue weighted by Crippen LogP contribution is -2.54. The number of aromatic nitrogens is 3. The van der Waals surface area contributed by atoms with Gasteiger partial charge in [0.1, 0.15) is 6.04 Å². The van der Waals surface area contributed by atoms with Crippen molar-refractivity contribution in [2.24, 2.45) is 0 Å². The number of fused-ring (bicyclic) bond motifs is 1. The molecule has 0 bridgehead atoms. The molecule has 10 nitrogen and oxygen atoms in total. The lowest BCUT2D eigenvalue weighted by atomic mass is 10.0. The van der Waals surface area contributed by atoms with Crippen molar-refractivity contribution in [3.63, 3.8) is 0 Å². The molecule has 138 valence electrons. The number of amides is 4. The summed E-state index contributed by atoms with van der Waals surface area (Å²) in [5.74, 6) is -2.21. The topological polar surface area (TPSA) is 134 Å². The Hall–Kier alpha value is -3.40. The van der Waals surface area contributed by atoms with Gasteiger partial charge >= 0.3 is 0 Å². The van der Waals surface area contributed by atoms with Crippen molar-refractivity contribution < 1.29 is 24.3 Å². The minimum absolute atomic E-state index is 0.0587. The van der Waals surface area contributed by atoms with Crippen LogP contribution in [-0.4, -0.2) is 61.3 Å². The molecule has 2 N–H and O–H groups in total. The molecule has 1 aromatic heterocycles. The lowest BCUT2D eigenvalue weighted by molar-refractivity contribution is -0.136. The monoisotopic (exact) mass is 369 g/mol. The number of hydrogen-bond donors (Lipinski definition) is 2. The third kappa shape index (κ3) is 2.79. The summed E-state index contributed by atoms with van der Waals surface area (Å²) in [5.41, 5.74) is 1.48. The number of hydrogen-bond acceptors (Lipinski definition) is 7. The van der Waals surface area contributed by atoms with Crippen molar-refractivity contribution in [3.8, 4) is 5.69 Å². The maximum atomic E-state index is 12.8. The number of aliphatic hydroxyl groups excluding tert-OH is 1. The Balaban J connectivity index is 1.65. The Morgan fingerprint density at radius 3 is 2.67 bits per heavy atom. The molecule has 0 radical (unpaired) electrons. The summed E-state index contributed by atoms with van der Waals surface area (Å²) in [7, 11) is 0. The summed E-state index contributed by atoms with van der Waals surface area (Å²) >= 11 is 0. The van der Waals surface area contributed by atoms with Crippen molar-refractivity contribution in [1.29, 1.82) is 0 Å². The zero-order valence-electron chi connectivity index (χ0n) is 14.1. The van der Waals surface area contributed by atoms with Crippen LogP contribution in [0.3, 0.4) is 0 Å². The Morgan fingerprint density at radius 2 is 1.93 bits per heavy atom. The van der Waals surface area contributed by atoms with E-state index in [1.807, 2.05) is 0 Å². The van der Waals surface area contributed by atoms with E-state index in [-0.39, 0.29) is 30.6 Å². The molecule has 2 aliphatic heterocycles. The third-order valence-corrected chi connectivity index (χ3v) is 4.60. The Bertz CT molecular complexity index is 982. The smallest absolute Gasteiger partial charge is 0.262 e. The maximum Gasteiger partial charge on any atom is 0.262 e. The highest BCUT2D eigenvalue weighted by molar-refractivity contribution is 6.23. The first-order chi connectivity index (χ1) is 13.0. The molecule has 1 aromatic carbocycles. The molecule has 1 unspecified atom stereocenters. The Labute approximate surface area is 152 Å². The van der Waals surface area contributed by atoms with Crippen LogP contribution in [0, 0.1) is 0 Å². The van der Waals surface area contributed by atoms with Crippen LogP contribution in [0.4, 0.5) is 0 Å². The fraction of sp³-hybridized carbons (Fsp3) is 0.294. The van der Waals surface area contributed by atoms with Gasteiger partial charge in [-0.3, -0.25) is 29.4 Å². The quantitative estimate of drug-likeness (QED) is 0.674. The van der Waals surface area contributed by atoms with Crippen molar-refractivity contribution in [2.45, 2.75) is 25.3 Å². The largest absolute Gasteiger partial charge is 0.396 e. The van der Waals surface area contributed by atoms with Crippen molar-refractivity contribution in [2.75, 3.05) is 6.61 Å². The van der Waals surface area contributed by atoms with E-state index >= 15 is 0 Å². The van der Waals surface area contributed by atoms with Gasteiger partial charge in [-0.2, -0.15) is 0 Å². The Kier molecular flexibility index (Phi) is 4.04. The summed E-state index contributed by atoms with van der Waals surface area (Å²) < 4.78 is 1.44. The van der Waals surface area contributed by atoms with Gasteiger partial charge in [-0.05, 0) is 24.6 Å². The van der Waals surface area contributed by atoms with Gasteiger partial charge in [0.25, 0.3) is 11.8 Å². The highest BCUT2D eigenvalue weighted by Crippen LogP contribution is 2.29. The molecule has 1 fully saturated rings. The predicted octanol–water partition coefficient (Wildman–Crippen LogP) is -0.797. The van der Waals surface area contributed by atoms with Crippen LogP contribution in [0.1, 0.15) is 39.3 Å². The molecular formula is C17H15N5O5. The molecule has 4 rings (SSSR count). The molecule has 10 heteroatoms. The molecule has 3 heterocycles. The van der Waals surface area contributed by atoms with E-state index in [2.05, 4.69) is 15.6 Å². The number of rotatable bonds is 4. The number of piperidine rings is 1. The van der Waals surface area contributed by atoms with Crippen molar-refractivity contribution in [3.05, 3.63) is 41.2 Å². The molecule has 0 spiro atoms. The van der Waals surface area contributed by atoms with Crippen LogP contribution < -0.4 is 5.32 Å². The van der Waals surface area contributed by atoms with Crippen LogP contribution in [0.25, 0.3) is 5.69 Å². The molecule has 2 aliphatic rings. The normalized spacial score (nSPS) is 19.4. The molecule has 0 saturated carbocycles. The van der Waals surface area contributed by atoms with Crippen LogP contribution >= 0.6 is 0 Å². The molecule has 1 saturated heterocycles. The fourth-order valence-electron chi connectivity index (χ4n) is 3.26. The van der Waals surface area contributed by atoms with Gasteiger partial charge in [0.05, 0.1) is 28.7 Å². The summed E-state index contributed by atoms with van der Waals surface area (Å²) in [4.78, 5) is 49.7. The molecule has 4 amide bonds. The van der Waals surface area contributed by atoms with Gasteiger partial charge in [0, 0.05) is 19.4 Å². The second-order valence-corrected chi connectivity index (χ2v) is 6.31. The third-order valence-electron chi connectivity index (χ3n) is 4.60. The summed E-state index contributed by atoms with van der Waals surface area (Å²) in [6.45, 7) is -0.0587. The van der Waals surface area contributed by atoms with Crippen LogP contribution in [0.2, 0.25) is 0 Å². The van der Waals surface area contributed by atoms with E-state index < -0.39 is 29.7 Å². The SMILES string of the molecule is O=C1CCC(N2C(=O)c3ccc(-n4cc(CCO)nn4)cc3C2=O)C(=O)N1. The second-order valence-electron chi connectivity index (χ2n) is 6.31. The average Bonchev–Trinajstić information content (AvgIpc) is 3.20. The standard InChI is InChI=1S/C17H15N5O5/c23-6-5-9-8-21(20-19-9)10-1-2-11-12(7-10)17(27)22(16(11)26)13-3-4-14(24)18-15(13)25/h1-2,7-8,13,23H,3-6H2,(H,18,24,25). The molecule has 1 atom stereocenters. The fourth-order valence-corrected chi connectivity index (χ4v) is 3.26. The molecule has 27 heavy (non-hydrogen) atoms. The Morgan fingerprint density at radius 1 is 1.15 bits per heavy atom. The van der Waals surface area contributed by atoms with Gasteiger partial charge in [-0.15, -0.1) is 5.10 Å². The number of carbonyl (C=O) groups excluding carboxylic acids is 4. The average molecular weight is 369 g/mol. The highest BCUT2D eigenvalue weighted by Gasteiger charge is 2.44. The van der Waals surface area contributed by atoms with Gasteiger partial charge in [0.2, 0.25) is 11.8 Å². The van der Waals surface area contributed by atoms with Gasteiger partial charge < -0.3 is 5.11 Å². The molecule has 0 aliphatic carbocycles. The van der Waals surface area contributed by atoms with Crippen molar-refractivity contribution >= 4 is 23.6 Å². The van der Waals surface area contributed by atoms with Gasteiger partial charge in [0.15, 0.2) is 0 Å². The number of imide groups is 2. The van der Waals surface area contributed by atoms with E-state index in [0.717, 1.165) is 4.90 Å². The second kappa shape index (κ2) is 6.40. The van der Waals surface area contributed by atoms with E-state index in [1.54, 1.807) is 12.3 Å². The van der Waals surface area contributed by atoms with Gasteiger partial charge in [-0.25, -0.2) is 4.68 Å². The van der Waals surface area contributed by atoms with Crippen LogP contribution in [0.5, 0.6) is 0 Å². The number of aliphatic hydroxyl groups is 1. The van der Waals surface area contributed by atoms with E-state index in [9.17, 15) is 19.2 Å². The highest BCUT2D eigenvalue weighted by atomic mass is 16.3. The molecule has 2 aromatic rings. The summed E-state index contributed by atoms with van der Waals surface area (Å²) in [5, 5.41) is 19.0. The minimum Gasteiger partial charge on any atom is -0.396 e. The first-order valence-corrected chi connectivity index (χ1v) is 8.37. The minimum atomic E-state index is -0.999. The lowest BCUT2D eigenvalue weighted by Gasteiger charge is -2.27. The van der Waals surface area contributed by atoms with E-state index in [4.69, 9.17) is 5.11 Å². The summed E-state index contributed by atoms with van der Waals surface area (Å²) in [6, 6.07) is 3.64. The number of nitrogens with one attached hydrogen (secondary N) is 1. The van der Waals surface area contributed by atoms with E-state index in [0.29, 0.717) is 17.8 Å². The summed E-state index contributed by atoms with van der Waals surface area (Å²) in [6.07, 6.45) is 2.15. The number of nitrogens with zero attached hydrogens (tertiary/aromatic N) is 4. The first kappa shape index (κ1) is 17.0. The number of benzene rings is 1. The number of carbonyl (C=O) groups is 4. The van der Waals surface area contributed by atoms with Gasteiger partial charge in [-0.1, -0.05) is 5.21 Å². The van der Waals surface area contributed by atoms with Crippen molar-refractivity contribution in [1.82, 2.24) is 25.2 Å². The molecular weight excluding hydrogens is 354 g/mol. The van der Waals surface area contributed by atoms with E-state index in [1.165, 1.54) is 16.8 Å². The predicted molar refractivity (Wildman–Crippen MR) is 88.8 cm³/mol. The van der Waals surface area contributed by atoms with Crippen LogP contribution in [0.15, 0.2) is 24.4 Å². The maximum absolute atomic E-state index is 12.8. The van der Waals surface area contributed by atoms with Crippen LogP contribution in [-0.2, 0) is 16.0 Å². The zero-order chi connectivity index (χ0) is 19.1.